The summed E-state index contributed by atoms with van der Waals surface area (Å²) in [6.07, 6.45) is 6.91. The summed E-state index contributed by atoms with van der Waals surface area (Å²) in [7, 11) is 0. The van der Waals surface area contributed by atoms with E-state index in [0.29, 0.717) is 5.41 Å². The highest BCUT2D eigenvalue weighted by Crippen LogP contribution is 2.38. The van der Waals surface area contributed by atoms with Crippen molar-refractivity contribution in [1.82, 2.24) is 0 Å². The summed E-state index contributed by atoms with van der Waals surface area (Å²) in [5.41, 5.74) is 6.36. The van der Waals surface area contributed by atoms with Gasteiger partial charge in [0.25, 0.3) is 0 Å². The molecule has 1 aliphatic rings. The molecule has 15 heavy (non-hydrogen) atoms. The molecule has 0 saturated heterocycles. The zero-order valence-electron chi connectivity index (χ0n) is 11.1. The third-order valence-electron chi connectivity index (χ3n) is 3.97. The van der Waals surface area contributed by atoms with Gasteiger partial charge in [-0.2, -0.15) is 0 Å². The van der Waals surface area contributed by atoms with Gasteiger partial charge in [0.1, 0.15) is 0 Å². The van der Waals surface area contributed by atoms with Crippen molar-refractivity contribution in [2.24, 2.45) is 28.9 Å². The Labute approximate surface area is 95.8 Å². The molecule has 0 heterocycles. The Morgan fingerprint density at radius 1 is 1.13 bits per heavy atom. The van der Waals surface area contributed by atoms with E-state index in [1.54, 1.807) is 0 Å². The van der Waals surface area contributed by atoms with E-state index < -0.39 is 0 Å². The maximum atomic E-state index is 5.88. The second-order valence-corrected chi connectivity index (χ2v) is 6.77. The molecule has 1 rings (SSSR count). The molecule has 0 amide bonds. The predicted octanol–water partition coefficient (Wildman–Crippen LogP) is 3.82. The molecule has 0 bridgehead atoms. The maximum absolute atomic E-state index is 5.88. The smallest absolute Gasteiger partial charge is 0.00462 e. The van der Waals surface area contributed by atoms with Crippen LogP contribution in [0.4, 0.5) is 0 Å². The maximum Gasteiger partial charge on any atom is -0.00462 e. The van der Waals surface area contributed by atoms with Gasteiger partial charge >= 0.3 is 0 Å². The molecular formula is C14H29N. The SMILES string of the molecule is CC1CCC(CN)C(CCC(C)(C)C)C1. The van der Waals surface area contributed by atoms with Crippen LogP contribution < -0.4 is 5.73 Å². The van der Waals surface area contributed by atoms with E-state index in [4.69, 9.17) is 5.73 Å². The zero-order chi connectivity index (χ0) is 11.5. The summed E-state index contributed by atoms with van der Waals surface area (Å²) >= 11 is 0. The first-order chi connectivity index (χ1) is 6.92. The van der Waals surface area contributed by atoms with Gasteiger partial charge < -0.3 is 5.73 Å². The largest absolute Gasteiger partial charge is 0.330 e. The average Bonchev–Trinajstić information content (AvgIpc) is 2.14. The van der Waals surface area contributed by atoms with Gasteiger partial charge in [-0.3, -0.25) is 0 Å². The lowest BCUT2D eigenvalue weighted by atomic mass is 9.71. The lowest BCUT2D eigenvalue weighted by molar-refractivity contribution is 0.165. The van der Waals surface area contributed by atoms with Crippen LogP contribution in [0.25, 0.3) is 0 Å². The second kappa shape index (κ2) is 5.34. The molecule has 0 aromatic rings. The van der Waals surface area contributed by atoms with E-state index in [-0.39, 0.29) is 0 Å². The Morgan fingerprint density at radius 2 is 1.80 bits per heavy atom. The summed E-state index contributed by atoms with van der Waals surface area (Å²) < 4.78 is 0. The highest BCUT2D eigenvalue weighted by molar-refractivity contribution is 4.80. The van der Waals surface area contributed by atoms with E-state index in [1.165, 1.54) is 32.1 Å². The van der Waals surface area contributed by atoms with Crippen LogP contribution in [0, 0.1) is 23.2 Å². The third-order valence-corrected chi connectivity index (χ3v) is 3.97. The number of rotatable bonds is 3. The van der Waals surface area contributed by atoms with Crippen LogP contribution >= 0.6 is 0 Å². The third kappa shape index (κ3) is 4.55. The normalized spacial score (nSPS) is 33.0. The van der Waals surface area contributed by atoms with Gasteiger partial charge in [0, 0.05) is 0 Å². The minimum Gasteiger partial charge on any atom is -0.330 e. The zero-order valence-corrected chi connectivity index (χ0v) is 11.1. The number of nitrogens with two attached hydrogens (primary N) is 1. The van der Waals surface area contributed by atoms with Crippen molar-refractivity contribution in [3.05, 3.63) is 0 Å². The van der Waals surface area contributed by atoms with Crippen LogP contribution in [0.1, 0.15) is 59.8 Å². The molecule has 3 unspecified atom stereocenters. The van der Waals surface area contributed by atoms with Crippen molar-refractivity contribution in [3.8, 4) is 0 Å². The first-order valence-electron chi connectivity index (χ1n) is 6.62. The molecule has 0 aliphatic heterocycles. The van der Waals surface area contributed by atoms with Crippen LogP contribution in [0.3, 0.4) is 0 Å². The van der Waals surface area contributed by atoms with E-state index in [1.807, 2.05) is 0 Å². The molecule has 2 N–H and O–H groups in total. The molecule has 0 spiro atoms. The topological polar surface area (TPSA) is 26.0 Å². The fourth-order valence-corrected chi connectivity index (χ4v) is 2.84. The molecular weight excluding hydrogens is 182 g/mol. The predicted molar refractivity (Wildman–Crippen MR) is 67.7 cm³/mol. The summed E-state index contributed by atoms with van der Waals surface area (Å²) in [5.74, 6) is 2.64. The highest BCUT2D eigenvalue weighted by atomic mass is 14.6. The standard InChI is InChI=1S/C14H29N/c1-11-5-6-13(10-15)12(9-11)7-8-14(2,3)4/h11-13H,5-10,15H2,1-4H3. The van der Waals surface area contributed by atoms with E-state index >= 15 is 0 Å². The van der Waals surface area contributed by atoms with Gasteiger partial charge in [-0.15, -0.1) is 0 Å². The van der Waals surface area contributed by atoms with Crippen LogP contribution in [0.15, 0.2) is 0 Å². The summed E-state index contributed by atoms with van der Waals surface area (Å²) in [4.78, 5) is 0. The molecule has 1 saturated carbocycles. The van der Waals surface area contributed by atoms with Gasteiger partial charge in [-0.25, -0.2) is 0 Å². The van der Waals surface area contributed by atoms with Crippen LogP contribution in [-0.4, -0.2) is 6.54 Å². The molecule has 0 aromatic carbocycles. The Hall–Kier alpha value is -0.0400. The molecule has 3 atom stereocenters. The molecule has 90 valence electrons. The Bertz CT molecular complexity index is 180. The van der Waals surface area contributed by atoms with Crippen molar-refractivity contribution in [2.75, 3.05) is 6.54 Å². The first-order valence-corrected chi connectivity index (χ1v) is 6.62. The van der Waals surface area contributed by atoms with Gasteiger partial charge in [-0.05, 0) is 55.4 Å². The summed E-state index contributed by atoms with van der Waals surface area (Å²) in [6.45, 7) is 10.3. The summed E-state index contributed by atoms with van der Waals surface area (Å²) in [6, 6.07) is 0. The molecule has 1 fully saturated rings. The van der Waals surface area contributed by atoms with Gasteiger partial charge in [0.15, 0.2) is 0 Å². The molecule has 1 heteroatoms. The lowest BCUT2D eigenvalue weighted by Crippen LogP contribution is -2.30. The van der Waals surface area contributed by atoms with E-state index in [0.717, 1.165) is 24.3 Å². The molecule has 0 aromatic heterocycles. The van der Waals surface area contributed by atoms with Gasteiger partial charge in [0.05, 0.1) is 0 Å². The monoisotopic (exact) mass is 211 g/mol. The molecule has 1 nitrogen and oxygen atoms in total. The van der Waals surface area contributed by atoms with Crippen molar-refractivity contribution in [3.63, 3.8) is 0 Å². The van der Waals surface area contributed by atoms with Crippen LogP contribution in [-0.2, 0) is 0 Å². The van der Waals surface area contributed by atoms with Crippen molar-refractivity contribution >= 4 is 0 Å². The fourth-order valence-electron chi connectivity index (χ4n) is 2.84. The number of hydrogen-bond acceptors (Lipinski definition) is 1. The van der Waals surface area contributed by atoms with E-state index in [2.05, 4.69) is 27.7 Å². The Kier molecular flexibility index (Phi) is 4.64. The van der Waals surface area contributed by atoms with Crippen molar-refractivity contribution < 1.29 is 0 Å². The van der Waals surface area contributed by atoms with Gasteiger partial charge in [0.2, 0.25) is 0 Å². The minimum absolute atomic E-state index is 0.486. The van der Waals surface area contributed by atoms with Crippen LogP contribution in [0.2, 0.25) is 0 Å². The first kappa shape index (κ1) is 13.0. The second-order valence-electron chi connectivity index (χ2n) is 6.77. The van der Waals surface area contributed by atoms with Crippen molar-refractivity contribution in [2.45, 2.75) is 59.8 Å². The van der Waals surface area contributed by atoms with Gasteiger partial charge in [-0.1, -0.05) is 34.1 Å². The highest BCUT2D eigenvalue weighted by Gasteiger charge is 2.28. The molecule has 1 aliphatic carbocycles. The van der Waals surface area contributed by atoms with Crippen LogP contribution in [0.5, 0.6) is 0 Å². The molecule has 0 radical (unpaired) electrons. The lowest BCUT2D eigenvalue weighted by Gasteiger charge is -2.35. The number of hydrogen-bond donors (Lipinski definition) is 1. The van der Waals surface area contributed by atoms with E-state index in [9.17, 15) is 0 Å². The Balaban J connectivity index is 2.42. The fraction of sp³-hybridized carbons (Fsp3) is 1.00. The minimum atomic E-state index is 0.486. The van der Waals surface area contributed by atoms with Crippen molar-refractivity contribution in [1.29, 1.82) is 0 Å². The quantitative estimate of drug-likeness (QED) is 0.754. The summed E-state index contributed by atoms with van der Waals surface area (Å²) in [5, 5.41) is 0. The average molecular weight is 211 g/mol. The Morgan fingerprint density at radius 3 is 2.33 bits per heavy atom.